The van der Waals surface area contributed by atoms with Crippen molar-refractivity contribution < 1.29 is 0 Å². The molecule has 66 valence electrons. The predicted molar refractivity (Wildman–Crippen MR) is 51.6 cm³/mol. The van der Waals surface area contributed by atoms with Crippen molar-refractivity contribution in [3.05, 3.63) is 33.8 Å². The van der Waals surface area contributed by atoms with E-state index in [2.05, 4.69) is 6.07 Å². The van der Waals surface area contributed by atoms with Gasteiger partial charge in [0, 0.05) is 11.1 Å². The first kappa shape index (κ1) is 8.55. The van der Waals surface area contributed by atoms with Crippen molar-refractivity contribution in [2.24, 2.45) is 5.73 Å². The van der Waals surface area contributed by atoms with Crippen LogP contribution in [-0.4, -0.2) is 6.04 Å². The highest BCUT2D eigenvalue weighted by Gasteiger charge is 2.21. The van der Waals surface area contributed by atoms with Crippen molar-refractivity contribution in [2.45, 2.75) is 18.9 Å². The average Bonchev–Trinajstić information content (AvgIpc) is 2.43. The summed E-state index contributed by atoms with van der Waals surface area (Å²) in [4.78, 5) is 0. The van der Waals surface area contributed by atoms with E-state index in [-0.39, 0.29) is 6.04 Å². The number of fused-ring (bicyclic) bond motifs is 1. The van der Waals surface area contributed by atoms with Crippen molar-refractivity contribution in [1.29, 1.82) is 5.26 Å². The molecule has 0 unspecified atom stereocenters. The Balaban J connectivity index is 2.58. The second-order valence-corrected chi connectivity index (χ2v) is 3.81. The molecule has 0 saturated carbocycles. The Kier molecular flexibility index (Phi) is 1.99. The van der Waals surface area contributed by atoms with E-state index in [4.69, 9.17) is 22.6 Å². The lowest BCUT2D eigenvalue weighted by Crippen LogP contribution is -2.19. The second kappa shape index (κ2) is 3.02. The molecule has 0 bridgehead atoms. The van der Waals surface area contributed by atoms with Crippen molar-refractivity contribution >= 4 is 11.6 Å². The molecule has 1 atom stereocenters. The molecule has 0 heterocycles. The fraction of sp³-hybridized carbons (Fsp3) is 0.300. The predicted octanol–water partition coefficient (Wildman–Crippen LogP) is 1.64. The SMILES string of the molecule is N#Cc1cc(Cl)cc2c1C[C@@H](N)C2. The van der Waals surface area contributed by atoms with Gasteiger partial charge in [-0.05, 0) is 36.1 Å². The van der Waals surface area contributed by atoms with Crippen LogP contribution >= 0.6 is 11.6 Å². The van der Waals surface area contributed by atoms with Gasteiger partial charge in [0.05, 0.1) is 11.6 Å². The Bertz CT molecular complexity index is 393. The van der Waals surface area contributed by atoms with Gasteiger partial charge in [-0.1, -0.05) is 11.6 Å². The Hall–Kier alpha value is -1.04. The van der Waals surface area contributed by atoms with Crippen molar-refractivity contribution in [2.75, 3.05) is 0 Å². The first-order chi connectivity index (χ1) is 6.20. The molecule has 1 aliphatic rings. The molecule has 3 heteroatoms. The zero-order chi connectivity index (χ0) is 9.42. The fourth-order valence-corrected chi connectivity index (χ4v) is 2.07. The molecule has 0 amide bonds. The van der Waals surface area contributed by atoms with Crippen LogP contribution in [0.5, 0.6) is 0 Å². The minimum Gasteiger partial charge on any atom is -0.327 e. The third-order valence-electron chi connectivity index (χ3n) is 2.38. The number of rotatable bonds is 0. The van der Waals surface area contributed by atoms with E-state index in [9.17, 15) is 0 Å². The van der Waals surface area contributed by atoms with Crippen molar-refractivity contribution in [3.63, 3.8) is 0 Å². The highest BCUT2D eigenvalue weighted by atomic mass is 35.5. The molecule has 13 heavy (non-hydrogen) atoms. The highest BCUT2D eigenvalue weighted by Crippen LogP contribution is 2.27. The molecule has 0 saturated heterocycles. The summed E-state index contributed by atoms with van der Waals surface area (Å²) in [5.41, 5.74) is 8.70. The molecule has 0 aliphatic heterocycles. The van der Waals surface area contributed by atoms with Crippen LogP contribution < -0.4 is 5.73 Å². The molecular weight excluding hydrogens is 184 g/mol. The van der Waals surface area contributed by atoms with Crippen LogP contribution in [0.1, 0.15) is 16.7 Å². The average molecular weight is 193 g/mol. The van der Waals surface area contributed by atoms with Crippen LogP contribution in [-0.2, 0) is 12.8 Å². The van der Waals surface area contributed by atoms with Gasteiger partial charge in [0.25, 0.3) is 0 Å². The van der Waals surface area contributed by atoms with Crippen molar-refractivity contribution in [3.8, 4) is 6.07 Å². The minimum absolute atomic E-state index is 0.153. The Morgan fingerprint density at radius 3 is 2.92 bits per heavy atom. The van der Waals surface area contributed by atoms with E-state index in [1.807, 2.05) is 6.07 Å². The van der Waals surface area contributed by atoms with Crippen molar-refractivity contribution in [1.82, 2.24) is 0 Å². The number of hydrogen-bond donors (Lipinski definition) is 1. The number of benzene rings is 1. The first-order valence-corrected chi connectivity index (χ1v) is 4.55. The molecule has 0 aromatic heterocycles. The molecular formula is C10H9ClN2. The third kappa shape index (κ3) is 1.41. The van der Waals surface area contributed by atoms with Gasteiger partial charge >= 0.3 is 0 Å². The van der Waals surface area contributed by atoms with Gasteiger partial charge in [0.15, 0.2) is 0 Å². The monoisotopic (exact) mass is 192 g/mol. The highest BCUT2D eigenvalue weighted by molar-refractivity contribution is 6.30. The number of nitrogens with zero attached hydrogens (tertiary/aromatic N) is 1. The maximum Gasteiger partial charge on any atom is 0.0995 e. The van der Waals surface area contributed by atoms with E-state index in [0.29, 0.717) is 10.6 Å². The normalized spacial score (nSPS) is 19.6. The number of nitrogens with two attached hydrogens (primary N) is 1. The van der Waals surface area contributed by atoms with Gasteiger partial charge in [-0.3, -0.25) is 0 Å². The summed E-state index contributed by atoms with van der Waals surface area (Å²) in [6.07, 6.45) is 1.64. The molecule has 2 rings (SSSR count). The quantitative estimate of drug-likeness (QED) is 0.680. The third-order valence-corrected chi connectivity index (χ3v) is 2.59. The summed E-state index contributed by atoms with van der Waals surface area (Å²) in [5, 5.41) is 9.49. The van der Waals surface area contributed by atoms with Crippen LogP contribution in [0.15, 0.2) is 12.1 Å². The van der Waals surface area contributed by atoms with Crippen LogP contribution in [0.2, 0.25) is 5.02 Å². The summed E-state index contributed by atoms with van der Waals surface area (Å²) in [6.45, 7) is 0. The van der Waals surface area contributed by atoms with Gasteiger partial charge in [-0.15, -0.1) is 0 Å². The maximum atomic E-state index is 8.86. The lowest BCUT2D eigenvalue weighted by atomic mass is 10.0. The molecule has 1 aromatic carbocycles. The first-order valence-electron chi connectivity index (χ1n) is 4.17. The minimum atomic E-state index is 0.153. The Labute approximate surface area is 81.9 Å². The number of halogens is 1. The maximum absolute atomic E-state index is 8.86. The second-order valence-electron chi connectivity index (χ2n) is 3.37. The standard InChI is InChI=1S/C10H9ClN2/c11-8-1-6-3-9(13)4-10(6)7(2-8)5-12/h1-2,9H,3-4,13H2/t9-/m0/s1. The number of hydrogen-bond acceptors (Lipinski definition) is 2. The van der Waals surface area contributed by atoms with Gasteiger partial charge in [0.2, 0.25) is 0 Å². The Morgan fingerprint density at radius 2 is 2.23 bits per heavy atom. The molecule has 1 aromatic rings. The zero-order valence-corrected chi connectivity index (χ0v) is 7.80. The largest absolute Gasteiger partial charge is 0.327 e. The summed E-state index contributed by atoms with van der Waals surface area (Å²) < 4.78 is 0. The molecule has 2 nitrogen and oxygen atoms in total. The molecule has 1 aliphatic carbocycles. The van der Waals surface area contributed by atoms with E-state index in [0.717, 1.165) is 24.0 Å². The summed E-state index contributed by atoms with van der Waals surface area (Å²) in [5.74, 6) is 0. The van der Waals surface area contributed by atoms with Gasteiger partial charge in [-0.2, -0.15) is 5.26 Å². The zero-order valence-electron chi connectivity index (χ0n) is 7.05. The van der Waals surface area contributed by atoms with Crippen LogP contribution in [0, 0.1) is 11.3 Å². The molecule has 2 N–H and O–H groups in total. The fourth-order valence-electron chi connectivity index (χ4n) is 1.83. The molecule has 0 fully saturated rings. The van der Waals surface area contributed by atoms with E-state index in [1.165, 1.54) is 0 Å². The molecule has 0 radical (unpaired) electrons. The Morgan fingerprint density at radius 1 is 1.46 bits per heavy atom. The van der Waals surface area contributed by atoms with Crippen LogP contribution in [0.3, 0.4) is 0 Å². The topological polar surface area (TPSA) is 49.8 Å². The van der Waals surface area contributed by atoms with E-state index < -0.39 is 0 Å². The van der Waals surface area contributed by atoms with Gasteiger partial charge in [-0.25, -0.2) is 0 Å². The van der Waals surface area contributed by atoms with E-state index in [1.54, 1.807) is 6.07 Å². The van der Waals surface area contributed by atoms with Gasteiger partial charge < -0.3 is 5.73 Å². The number of nitriles is 1. The summed E-state index contributed by atoms with van der Waals surface area (Å²) in [7, 11) is 0. The lowest BCUT2D eigenvalue weighted by Gasteiger charge is -2.01. The summed E-state index contributed by atoms with van der Waals surface area (Å²) in [6, 6.07) is 5.92. The lowest BCUT2D eigenvalue weighted by molar-refractivity contribution is 0.721. The molecule has 0 spiro atoms. The summed E-state index contributed by atoms with van der Waals surface area (Å²) >= 11 is 5.86. The van der Waals surface area contributed by atoms with E-state index >= 15 is 0 Å². The van der Waals surface area contributed by atoms with Crippen LogP contribution in [0.4, 0.5) is 0 Å². The van der Waals surface area contributed by atoms with Gasteiger partial charge in [0.1, 0.15) is 0 Å². The smallest absolute Gasteiger partial charge is 0.0995 e. The van der Waals surface area contributed by atoms with Crippen LogP contribution in [0.25, 0.3) is 0 Å².